The molecule has 0 aliphatic carbocycles. The summed E-state index contributed by atoms with van der Waals surface area (Å²) in [7, 11) is 0. The third-order valence-corrected chi connectivity index (χ3v) is 4.46. The predicted octanol–water partition coefficient (Wildman–Crippen LogP) is 1.55. The van der Waals surface area contributed by atoms with Gasteiger partial charge < -0.3 is 16.4 Å². The molecule has 0 saturated carbocycles. The molecule has 2 rings (SSSR count). The molecule has 1 fully saturated rings. The van der Waals surface area contributed by atoms with Crippen LogP contribution in [0.5, 0.6) is 0 Å². The highest BCUT2D eigenvalue weighted by Crippen LogP contribution is 2.24. The minimum atomic E-state index is -1.25. The Morgan fingerprint density at radius 1 is 1.50 bits per heavy atom. The van der Waals surface area contributed by atoms with Gasteiger partial charge in [0.25, 0.3) is 0 Å². The van der Waals surface area contributed by atoms with Crippen LogP contribution in [0.3, 0.4) is 0 Å². The van der Waals surface area contributed by atoms with Crippen LogP contribution in [0.15, 0.2) is 24.3 Å². The molecule has 120 valence electrons. The molecule has 1 heterocycles. The van der Waals surface area contributed by atoms with E-state index < -0.39 is 11.4 Å². The van der Waals surface area contributed by atoms with E-state index in [1.165, 1.54) is 0 Å². The van der Waals surface area contributed by atoms with Crippen LogP contribution in [-0.2, 0) is 15.1 Å². The molecule has 0 bridgehead atoms. The third kappa shape index (κ3) is 3.99. The van der Waals surface area contributed by atoms with Crippen LogP contribution >= 0.6 is 11.6 Å². The number of carbonyl (C=O) groups is 2. The molecule has 0 aromatic heterocycles. The summed E-state index contributed by atoms with van der Waals surface area (Å²) in [4.78, 5) is 24.1. The molecule has 1 aromatic carbocycles. The molecule has 5 nitrogen and oxygen atoms in total. The molecule has 2 atom stereocenters. The Hall–Kier alpha value is -1.59. The first kappa shape index (κ1) is 16.8. The molecule has 2 unspecified atom stereocenters. The quantitative estimate of drug-likeness (QED) is 0.742. The highest BCUT2D eigenvalue weighted by molar-refractivity contribution is 6.30. The zero-order valence-electron chi connectivity index (χ0n) is 12.7. The Morgan fingerprint density at radius 3 is 2.86 bits per heavy atom. The van der Waals surface area contributed by atoms with E-state index in [-0.39, 0.29) is 5.91 Å². The number of rotatable bonds is 6. The van der Waals surface area contributed by atoms with E-state index in [1.54, 1.807) is 31.2 Å². The summed E-state index contributed by atoms with van der Waals surface area (Å²) in [5.41, 5.74) is 4.85. The van der Waals surface area contributed by atoms with Crippen molar-refractivity contribution in [2.24, 2.45) is 11.7 Å². The van der Waals surface area contributed by atoms with E-state index in [1.807, 2.05) is 0 Å². The number of nitrogens with one attached hydrogen (secondary N) is 2. The fourth-order valence-corrected chi connectivity index (χ4v) is 2.90. The van der Waals surface area contributed by atoms with Gasteiger partial charge in [-0.25, -0.2) is 0 Å². The maximum atomic E-state index is 12.2. The van der Waals surface area contributed by atoms with Crippen molar-refractivity contribution >= 4 is 23.4 Å². The topological polar surface area (TPSA) is 84.2 Å². The highest BCUT2D eigenvalue weighted by atomic mass is 35.5. The first-order valence-electron chi connectivity index (χ1n) is 7.49. The van der Waals surface area contributed by atoms with E-state index >= 15 is 0 Å². The number of nitrogens with two attached hydrogens (primary N) is 1. The van der Waals surface area contributed by atoms with E-state index in [0.717, 1.165) is 25.9 Å². The summed E-state index contributed by atoms with van der Waals surface area (Å²) in [5.74, 6) is -0.254. The van der Waals surface area contributed by atoms with Crippen molar-refractivity contribution in [1.82, 2.24) is 10.6 Å². The summed E-state index contributed by atoms with van der Waals surface area (Å²) in [5, 5.41) is 6.54. The van der Waals surface area contributed by atoms with E-state index in [2.05, 4.69) is 10.6 Å². The Bertz CT molecular complexity index is 558. The normalized spacial score (nSPS) is 20.4. The second-order valence-electron chi connectivity index (χ2n) is 5.95. The molecule has 1 aliphatic rings. The van der Waals surface area contributed by atoms with Crippen molar-refractivity contribution in [2.45, 2.75) is 31.7 Å². The smallest absolute Gasteiger partial charge is 0.247 e. The molecule has 4 N–H and O–H groups in total. The van der Waals surface area contributed by atoms with Crippen LogP contribution < -0.4 is 16.4 Å². The average molecular weight is 324 g/mol. The number of hydrogen-bond donors (Lipinski definition) is 3. The van der Waals surface area contributed by atoms with Crippen molar-refractivity contribution in [1.29, 1.82) is 0 Å². The van der Waals surface area contributed by atoms with Gasteiger partial charge in [0, 0.05) is 11.4 Å². The van der Waals surface area contributed by atoms with Crippen molar-refractivity contribution in [3.8, 4) is 0 Å². The number of carbonyl (C=O) groups excluding carboxylic acids is 2. The number of hydrogen-bond acceptors (Lipinski definition) is 3. The van der Waals surface area contributed by atoms with E-state index in [4.69, 9.17) is 17.3 Å². The monoisotopic (exact) mass is 323 g/mol. The van der Waals surface area contributed by atoms with Crippen LogP contribution in [0.4, 0.5) is 0 Å². The summed E-state index contributed by atoms with van der Waals surface area (Å²) < 4.78 is 0. The molecule has 0 spiro atoms. The number of benzene rings is 1. The lowest BCUT2D eigenvalue weighted by atomic mass is 9.90. The van der Waals surface area contributed by atoms with Crippen LogP contribution in [0.25, 0.3) is 0 Å². The van der Waals surface area contributed by atoms with Gasteiger partial charge in [-0.1, -0.05) is 23.7 Å². The van der Waals surface area contributed by atoms with Gasteiger partial charge in [-0.05, 0) is 56.5 Å². The molecule has 22 heavy (non-hydrogen) atoms. The van der Waals surface area contributed by atoms with Gasteiger partial charge in [0.2, 0.25) is 11.8 Å². The minimum absolute atomic E-state index is 0.173. The Balaban J connectivity index is 2.04. The summed E-state index contributed by atoms with van der Waals surface area (Å²) in [6.45, 7) is 3.57. The lowest BCUT2D eigenvalue weighted by molar-refractivity contribution is -0.131. The molecule has 1 saturated heterocycles. The first-order valence-corrected chi connectivity index (χ1v) is 7.87. The molecule has 1 aliphatic heterocycles. The number of halogens is 1. The Kier molecular flexibility index (Phi) is 5.42. The lowest BCUT2D eigenvalue weighted by Gasteiger charge is -2.28. The summed E-state index contributed by atoms with van der Waals surface area (Å²) in [6.07, 6.45) is 2.29. The van der Waals surface area contributed by atoms with E-state index in [0.29, 0.717) is 22.9 Å². The molecule has 0 radical (unpaired) electrons. The van der Waals surface area contributed by atoms with Crippen LogP contribution in [-0.4, -0.2) is 24.9 Å². The Morgan fingerprint density at radius 2 is 2.27 bits per heavy atom. The van der Waals surface area contributed by atoms with Gasteiger partial charge >= 0.3 is 0 Å². The second kappa shape index (κ2) is 7.11. The molecular weight excluding hydrogens is 302 g/mol. The van der Waals surface area contributed by atoms with Crippen LogP contribution in [0, 0.1) is 5.92 Å². The van der Waals surface area contributed by atoms with Gasteiger partial charge in [-0.2, -0.15) is 0 Å². The van der Waals surface area contributed by atoms with Crippen LogP contribution in [0.2, 0.25) is 5.02 Å². The fraction of sp³-hybridized carbons (Fsp3) is 0.500. The van der Waals surface area contributed by atoms with Gasteiger partial charge in [-0.3, -0.25) is 9.59 Å². The Labute approximate surface area is 135 Å². The van der Waals surface area contributed by atoms with Gasteiger partial charge in [0.05, 0.1) is 0 Å². The molecule has 1 aromatic rings. The van der Waals surface area contributed by atoms with Crippen LogP contribution in [0.1, 0.15) is 31.7 Å². The largest absolute Gasteiger partial charge is 0.367 e. The second-order valence-corrected chi connectivity index (χ2v) is 6.38. The zero-order chi connectivity index (χ0) is 16.2. The zero-order valence-corrected chi connectivity index (χ0v) is 13.5. The fourth-order valence-electron chi connectivity index (χ4n) is 2.71. The maximum absolute atomic E-state index is 12.2. The summed E-state index contributed by atoms with van der Waals surface area (Å²) >= 11 is 5.97. The third-order valence-electron chi connectivity index (χ3n) is 4.23. The average Bonchev–Trinajstić information content (AvgIpc) is 2.98. The van der Waals surface area contributed by atoms with Gasteiger partial charge in [0.15, 0.2) is 0 Å². The summed E-state index contributed by atoms with van der Waals surface area (Å²) in [6, 6.07) is 6.82. The minimum Gasteiger partial charge on any atom is -0.367 e. The standard InChI is InChI=1S/C16H22ClN3O2/c1-16(15(18)22,12-3-2-4-13(17)9-12)20-14(21)6-5-11-7-8-19-10-11/h2-4,9,11,19H,5-8,10H2,1H3,(H2,18,22)(H,20,21). The molecule has 6 heteroatoms. The maximum Gasteiger partial charge on any atom is 0.247 e. The molecule has 2 amide bonds. The van der Waals surface area contributed by atoms with E-state index in [9.17, 15) is 9.59 Å². The highest BCUT2D eigenvalue weighted by Gasteiger charge is 2.35. The lowest BCUT2D eigenvalue weighted by Crippen LogP contribution is -2.52. The molecular formula is C16H22ClN3O2. The number of amides is 2. The van der Waals surface area contributed by atoms with Gasteiger partial charge in [0.1, 0.15) is 5.54 Å². The van der Waals surface area contributed by atoms with Crippen molar-refractivity contribution in [3.05, 3.63) is 34.9 Å². The van der Waals surface area contributed by atoms with Crippen molar-refractivity contribution in [2.75, 3.05) is 13.1 Å². The van der Waals surface area contributed by atoms with Crippen molar-refractivity contribution in [3.63, 3.8) is 0 Å². The first-order chi connectivity index (χ1) is 10.4. The van der Waals surface area contributed by atoms with Crippen molar-refractivity contribution < 1.29 is 9.59 Å². The SMILES string of the molecule is CC(NC(=O)CCC1CCNC1)(C(N)=O)c1cccc(Cl)c1. The van der Waals surface area contributed by atoms with Gasteiger partial charge in [-0.15, -0.1) is 0 Å². The predicted molar refractivity (Wildman–Crippen MR) is 86.4 cm³/mol. The number of primary amides is 1.